The highest BCUT2D eigenvalue weighted by atomic mass is 16.5. The Labute approximate surface area is 157 Å². The van der Waals surface area contributed by atoms with E-state index < -0.39 is 0 Å². The van der Waals surface area contributed by atoms with Crippen LogP contribution in [0.25, 0.3) is 5.57 Å². The van der Waals surface area contributed by atoms with Crippen LogP contribution in [0.1, 0.15) is 51.2 Å². The molecule has 2 nitrogen and oxygen atoms in total. The van der Waals surface area contributed by atoms with Gasteiger partial charge in [0.05, 0.1) is 7.11 Å². The van der Waals surface area contributed by atoms with Crippen molar-refractivity contribution in [3.8, 4) is 5.75 Å². The topological polar surface area (TPSA) is 26.3 Å². The zero-order valence-corrected chi connectivity index (χ0v) is 16.3. The molecule has 0 bridgehead atoms. The molecule has 26 heavy (non-hydrogen) atoms. The molecule has 136 valence electrons. The minimum atomic E-state index is 0.146. The van der Waals surface area contributed by atoms with Gasteiger partial charge >= 0.3 is 0 Å². The maximum absolute atomic E-state index is 11.9. The second-order valence-electron chi connectivity index (χ2n) is 7.65. The first-order valence-corrected chi connectivity index (χ1v) is 9.36. The third kappa shape index (κ3) is 3.60. The van der Waals surface area contributed by atoms with Crippen molar-refractivity contribution in [3.05, 3.63) is 70.9 Å². The second-order valence-corrected chi connectivity index (χ2v) is 7.65. The summed E-state index contributed by atoms with van der Waals surface area (Å²) in [5.74, 6) is 1.21. The summed E-state index contributed by atoms with van der Waals surface area (Å²) >= 11 is 0. The molecule has 0 saturated carbocycles. The van der Waals surface area contributed by atoms with E-state index >= 15 is 0 Å². The molecule has 0 N–H and O–H groups in total. The molecule has 0 heterocycles. The van der Waals surface area contributed by atoms with E-state index in [9.17, 15) is 4.79 Å². The van der Waals surface area contributed by atoms with Gasteiger partial charge in [0.1, 0.15) is 5.75 Å². The molecule has 0 fully saturated rings. The molecule has 3 aliphatic rings. The number of hydrogen-bond donors (Lipinski definition) is 0. The van der Waals surface area contributed by atoms with Gasteiger partial charge in [-0.05, 0) is 72.9 Å². The van der Waals surface area contributed by atoms with Crippen molar-refractivity contribution in [2.45, 2.75) is 46.5 Å². The van der Waals surface area contributed by atoms with E-state index in [0.717, 1.165) is 30.6 Å². The fourth-order valence-corrected chi connectivity index (χ4v) is 4.19. The number of fused-ring (bicyclic) bond motifs is 3. The number of benzene rings is 1. The van der Waals surface area contributed by atoms with Gasteiger partial charge in [0.2, 0.25) is 0 Å². The van der Waals surface area contributed by atoms with E-state index in [4.69, 9.17) is 4.74 Å². The van der Waals surface area contributed by atoms with Crippen molar-refractivity contribution in [2.24, 2.45) is 5.41 Å². The van der Waals surface area contributed by atoms with Gasteiger partial charge in [-0.15, -0.1) is 0 Å². The number of hydrogen-bond acceptors (Lipinski definition) is 2. The van der Waals surface area contributed by atoms with E-state index in [1.54, 1.807) is 7.11 Å². The highest BCUT2D eigenvalue weighted by molar-refractivity contribution is 6.06. The van der Waals surface area contributed by atoms with Crippen molar-refractivity contribution in [1.82, 2.24) is 0 Å². The van der Waals surface area contributed by atoms with Crippen molar-refractivity contribution in [2.75, 3.05) is 7.11 Å². The molecule has 1 aromatic rings. The highest BCUT2D eigenvalue weighted by Gasteiger charge is 2.42. The van der Waals surface area contributed by atoms with Crippen LogP contribution in [0, 0.1) is 5.41 Å². The van der Waals surface area contributed by atoms with Crippen LogP contribution >= 0.6 is 0 Å². The van der Waals surface area contributed by atoms with Crippen LogP contribution < -0.4 is 4.74 Å². The molecule has 1 unspecified atom stereocenters. The average Bonchev–Trinajstić information content (AvgIpc) is 2.75. The van der Waals surface area contributed by atoms with Gasteiger partial charge in [-0.25, -0.2) is 0 Å². The van der Waals surface area contributed by atoms with Crippen LogP contribution in [0.15, 0.2) is 59.7 Å². The molecule has 0 radical (unpaired) electrons. The minimum absolute atomic E-state index is 0.146. The number of allylic oxidation sites excluding steroid dienone is 8. The molecule has 3 aliphatic carbocycles. The van der Waals surface area contributed by atoms with Crippen LogP contribution in [0.3, 0.4) is 0 Å². The number of carbonyl (C=O) groups is 1. The maximum atomic E-state index is 11.9. The molecular formula is C24H28O2. The predicted molar refractivity (Wildman–Crippen MR) is 108 cm³/mol. The van der Waals surface area contributed by atoms with E-state index in [1.807, 2.05) is 13.0 Å². The normalized spacial score (nSPS) is 23.5. The number of carbonyl (C=O) groups excluding carboxylic acids is 1. The third-order valence-corrected chi connectivity index (χ3v) is 5.65. The summed E-state index contributed by atoms with van der Waals surface area (Å²) in [5, 5.41) is 0. The van der Waals surface area contributed by atoms with Crippen LogP contribution in [-0.4, -0.2) is 12.9 Å². The Kier molecular flexibility index (Phi) is 5.31. The third-order valence-electron chi connectivity index (χ3n) is 5.65. The second kappa shape index (κ2) is 7.49. The first kappa shape index (κ1) is 18.4. The molecule has 1 aromatic carbocycles. The zero-order valence-electron chi connectivity index (χ0n) is 16.3. The Bertz CT molecular complexity index is 833. The van der Waals surface area contributed by atoms with Crippen molar-refractivity contribution < 1.29 is 9.53 Å². The molecule has 0 aromatic heterocycles. The number of methoxy groups -OCH3 is 1. The summed E-state index contributed by atoms with van der Waals surface area (Å²) in [6.45, 7) is 6.38. The van der Waals surface area contributed by atoms with Crippen LogP contribution in [-0.2, 0) is 11.2 Å². The summed E-state index contributed by atoms with van der Waals surface area (Å²) in [4.78, 5) is 11.9. The van der Waals surface area contributed by atoms with Crippen molar-refractivity contribution in [1.29, 1.82) is 0 Å². The quantitative estimate of drug-likeness (QED) is 0.637. The smallest absolute Gasteiger partial charge is 0.158 e. The number of ketones is 1. The lowest BCUT2D eigenvalue weighted by Gasteiger charge is -2.31. The fraction of sp³-hybridized carbons (Fsp3) is 0.375. The Morgan fingerprint density at radius 3 is 2.73 bits per heavy atom. The molecule has 4 rings (SSSR count). The highest BCUT2D eigenvalue weighted by Crippen LogP contribution is 2.53. The molecule has 2 heteroatoms. The predicted octanol–water partition coefficient (Wildman–Crippen LogP) is 5.84. The molecule has 0 spiro atoms. The Morgan fingerprint density at radius 2 is 1.96 bits per heavy atom. The average molecular weight is 348 g/mol. The lowest BCUT2D eigenvalue weighted by Crippen LogP contribution is -2.24. The monoisotopic (exact) mass is 348 g/mol. The molecular weight excluding hydrogens is 320 g/mol. The lowest BCUT2D eigenvalue weighted by atomic mass is 9.71. The Morgan fingerprint density at radius 1 is 1.15 bits per heavy atom. The van der Waals surface area contributed by atoms with E-state index in [0.29, 0.717) is 12.2 Å². The summed E-state index contributed by atoms with van der Waals surface area (Å²) in [6, 6.07) is 6.21. The van der Waals surface area contributed by atoms with E-state index in [2.05, 4.69) is 56.4 Å². The lowest BCUT2D eigenvalue weighted by molar-refractivity contribution is -0.116. The molecule has 0 saturated heterocycles. The summed E-state index contributed by atoms with van der Waals surface area (Å²) < 4.78 is 5.29. The maximum Gasteiger partial charge on any atom is 0.158 e. The van der Waals surface area contributed by atoms with Gasteiger partial charge in [0, 0.05) is 6.42 Å². The molecule has 0 amide bonds. The summed E-state index contributed by atoms with van der Waals surface area (Å²) in [7, 11) is 1.69. The van der Waals surface area contributed by atoms with Gasteiger partial charge in [0.15, 0.2) is 5.78 Å². The van der Waals surface area contributed by atoms with Gasteiger partial charge in [0.25, 0.3) is 0 Å². The van der Waals surface area contributed by atoms with Gasteiger partial charge < -0.3 is 4.74 Å². The Balaban J connectivity index is 0.000000206. The fourth-order valence-electron chi connectivity index (χ4n) is 4.19. The molecule has 0 aliphatic heterocycles. The molecule has 1 atom stereocenters. The van der Waals surface area contributed by atoms with Crippen molar-refractivity contribution >= 4 is 11.4 Å². The first-order chi connectivity index (χ1) is 12.4. The van der Waals surface area contributed by atoms with E-state index in [1.165, 1.54) is 22.3 Å². The SMILES string of the molecule is CC1=CCC=CC=C1.COc1ccc2c(c1)CC1(C)CCC(=O)C(C)=C21. The summed E-state index contributed by atoms with van der Waals surface area (Å²) in [6.07, 6.45) is 14.4. The van der Waals surface area contributed by atoms with E-state index in [-0.39, 0.29) is 5.41 Å². The van der Waals surface area contributed by atoms with Gasteiger partial charge in [-0.3, -0.25) is 4.79 Å². The van der Waals surface area contributed by atoms with Gasteiger partial charge in [-0.2, -0.15) is 0 Å². The standard InChI is InChI=1S/C16H18O2.C8H10/c1-10-14(17)6-7-16(2)9-11-8-12(18-3)4-5-13(11)15(10)16;1-8-6-4-2-3-5-7-8/h4-5,8H,6-7,9H2,1-3H3;2-4,6-7H,5H2,1H3. The largest absolute Gasteiger partial charge is 0.497 e. The van der Waals surface area contributed by atoms with Crippen LogP contribution in [0.4, 0.5) is 0 Å². The van der Waals surface area contributed by atoms with Crippen LogP contribution in [0.5, 0.6) is 5.75 Å². The Hall–Kier alpha value is -2.35. The minimum Gasteiger partial charge on any atom is -0.497 e. The van der Waals surface area contributed by atoms with Gasteiger partial charge in [-0.1, -0.05) is 48.9 Å². The zero-order chi connectivity index (χ0) is 18.7. The first-order valence-electron chi connectivity index (χ1n) is 9.36. The number of ether oxygens (including phenoxy) is 1. The summed E-state index contributed by atoms with van der Waals surface area (Å²) in [5.41, 5.74) is 6.32. The van der Waals surface area contributed by atoms with Crippen LogP contribution in [0.2, 0.25) is 0 Å². The van der Waals surface area contributed by atoms with Crippen molar-refractivity contribution in [3.63, 3.8) is 0 Å². The number of Topliss-reactive ketones (excluding diaryl/α,β-unsaturated/α-hetero) is 1. The number of rotatable bonds is 1.